The third kappa shape index (κ3) is 10.3. The fraction of sp³-hybridized carbons (Fsp3) is 0.429. The standard InChI is InChI=1S/C35H45N3O9/c1-5-9-11-16-26(29(6-2)38(23-39)46-21-24-14-12-10-13-15-24)33(41)36-22-37-34(42)31-18-17-30(47-31)27-19-25(44-7-3)20-28(32(27)40)35(43)45-8-4/h10,12-15,17-20,23,26,29,40H,5-9,11,16,21-22H2,1-4H3,(H,36,41)(H,37,42). The van der Waals surface area contributed by atoms with Crippen LogP contribution in [-0.2, 0) is 25.8 Å². The smallest absolute Gasteiger partial charge is 0.342 e. The van der Waals surface area contributed by atoms with Crippen LogP contribution in [0.1, 0.15) is 86.3 Å². The molecule has 0 spiro atoms. The average Bonchev–Trinajstić information content (AvgIpc) is 3.57. The number of carbonyl (C=O) groups is 4. The topological polar surface area (TPSA) is 157 Å². The van der Waals surface area contributed by atoms with Crippen molar-refractivity contribution in [2.45, 2.75) is 72.4 Å². The van der Waals surface area contributed by atoms with Crippen LogP contribution >= 0.6 is 0 Å². The van der Waals surface area contributed by atoms with Crippen LogP contribution in [0.2, 0.25) is 0 Å². The number of rotatable bonds is 20. The van der Waals surface area contributed by atoms with Crippen LogP contribution in [0.4, 0.5) is 0 Å². The summed E-state index contributed by atoms with van der Waals surface area (Å²) in [4.78, 5) is 56.7. The number of carbonyl (C=O) groups excluding carboxylic acids is 4. The van der Waals surface area contributed by atoms with Crippen LogP contribution in [0.3, 0.4) is 0 Å². The Morgan fingerprint density at radius 1 is 0.979 bits per heavy atom. The van der Waals surface area contributed by atoms with Crippen LogP contribution in [0.5, 0.6) is 11.5 Å². The van der Waals surface area contributed by atoms with E-state index in [1.54, 1.807) is 13.8 Å². The van der Waals surface area contributed by atoms with Crippen LogP contribution in [0, 0.1) is 5.92 Å². The normalized spacial score (nSPS) is 12.1. The number of esters is 1. The molecule has 0 bridgehead atoms. The zero-order chi connectivity index (χ0) is 34.2. The summed E-state index contributed by atoms with van der Waals surface area (Å²) in [6.45, 7) is 7.80. The molecular weight excluding hydrogens is 606 g/mol. The van der Waals surface area contributed by atoms with Gasteiger partial charge in [0.2, 0.25) is 12.3 Å². The maximum Gasteiger partial charge on any atom is 0.342 e. The maximum atomic E-state index is 13.4. The van der Waals surface area contributed by atoms with Crippen LogP contribution in [0.25, 0.3) is 11.3 Å². The Labute approximate surface area is 275 Å². The number of amides is 3. The quantitative estimate of drug-likeness (QED) is 0.0465. The van der Waals surface area contributed by atoms with Crippen LogP contribution in [0.15, 0.2) is 59.0 Å². The predicted molar refractivity (Wildman–Crippen MR) is 174 cm³/mol. The highest BCUT2D eigenvalue weighted by Crippen LogP contribution is 2.37. The number of ether oxygens (including phenoxy) is 2. The molecule has 3 amide bonds. The molecule has 3 rings (SSSR count). The van der Waals surface area contributed by atoms with Gasteiger partial charge < -0.3 is 29.6 Å². The van der Waals surface area contributed by atoms with E-state index in [0.717, 1.165) is 24.8 Å². The third-order valence-corrected chi connectivity index (χ3v) is 7.49. The second-order valence-corrected chi connectivity index (χ2v) is 10.7. The Kier molecular flexibility index (Phi) is 14.8. The SMILES string of the molecule is CCCCCC(C(=O)NCNC(=O)c1ccc(-c2cc(OCC)cc(C(=O)OCC)c2O)o1)C(CC)N(C=O)OCc1ccccc1. The van der Waals surface area contributed by atoms with E-state index in [0.29, 0.717) is 31.6 Å². The van der Waals surface area contributed by atoms with E-state index >= 15 is 0 Å². The molecule has 0 fully saturated rings. The first-order valence-corrected chi connectivity index (χ1v) is 16.0. The van der Waals surface area contributed by atoms with Gasteiger partial charge in [0, 0.05) is 0 Å². The van der Waals surface area contributed by atoms with E-state index in [4.69, 9.17) is 18.7 Å². The summed E-state index contributed by atoms with van der Waals surface area (Å²) in [5.74, 6) is -2.27. The zero-order valence-electron chi connectivity index (χ0n) is 27.5. The number of phenolic OH excluding ortho intramolecular Hbond substituents is 1. The molecule has 0 radical (unpaired) electrons. The number of benzene rings is 2. The number of nitrogens with one attached hydrogen (secondary N) is 2. The monoisotopic (exact) mass is 651 g/mol. The first-order chi connectivity index (χ1) is 22.8. The molecule has 2 unspecified atom stereocenters. The van der Waals surface area contributed by atoms with E-state index < -0.39 is 23.8 Å². The summed E-state index contributed by atoms with van der Waals surface area (Å²) in [6.07, 6.45) is 4.29. The lowest BCUT2D eigenvalue weighted by Gasteiger charge is -2.32. The summed E-state index contributed by atoms with van der Waals surface area (Å²) < 4.78 is 16.3. The molecule has 0 aliphatic carbocycles. The molecule has 12 heteroatoms. The van der Waals surface area contributed by atoms with Gasteiger partial charge in [-0.1, -0.05) is 63.4 Å². The lowest BCUT2D eigenvalue weighted by Crippen LogP contribution is -2.48. The Hall–Kier alpha value is -4.84. The Morgan fingerprint density at radius 3 is 2.40 bits per heavy atom. The second-order valence-electron chi connectivity index (χ2n) is 10.7. The first kappa shape index (κ1) is 36.6. The van der Waals surface area contributed by atoms with E-state index in [1.165, 1.54) is 29.3 Å². The molecule has 254 valence electrons. The van der Waals surface area contributed by atoms with Gasteiger partial charge in [-0.25, -0.2) is 9.86 Å². The summed E-state index contributed by atoms with van der Waals surface area (Å²) in [6, 6.07) is 14.7. The molecular formula is C35H45N3O9. The van der Waals surface area contributed by atoms with Crippen LogP contribution < -0.4 is 15.4 Å². The predicted octanol–water partition coefficient (Wildman–Crippen LogP) is 5.60. The second kappa shape index (κ2) is 19.0. The number of aromatic hydroxyl groups is 1. The van der Waals surface area contributed by atoms with Crippen molar-refractivity contribution in [2.75, 3.05) is 19.9 Å². The number of phenols is 1. The van der Waals surface area contributed by atoms with Gasteiger partial charge in [0.05, 0.1) is 37.4 Å². The molecule has 0 saturated heterocycles. The molecule has 1 aromatic heterocycles. The highest BCUT2D eigenvalue weighted by atomic mass is 16.7. The van der Waals surface area contributed by atoms with Crippen molar-refractivity contribution < 1.29 is 43.0 Å². The third-order valence-electron chi connectivity index (χ3n) is 7.49. The summed E-state index contributed by atoms with van der Waals surface area (Å²) >= 11 is 0. The van der Waals surface area contributed by atoms with Gasteiger partial charge in [-0.3, -0.25) is 19.2 Å². The molecule has 0 aliphatic heterocycles. The molecule has 2 aromatic carbocycles. The summed E-state index contributed by atoms with van der Waals surface area (Å²) in [5.41, 5.74) is 0.929. The molecule has 0 aliphatic rings. The Bertz CT molecular complexity index is 1460. The lowest BCUT2D eigenvalue weighted by molar-refractivity contribution is -0.200. The summed E-state index contributed by atoms with van der Waals surface area (Å²) in [7, 11) is 0. The fourth-order valence-corrected chi connectivity index (χ4v) is 5.13. The number of unbranched alkanes of at least 4 members (excludes halogenated alkanes) is 2. The maximum absolute atomic E-state index is 13.4. The lowest BCUT2D eigenvalue weighted by atomic mass is 9.90. The number of hydrogen-bond donors (Lipinski definition) is 3. The van der Waals surface area contributed by atoms with Gasteiger partial charge in [-0.15, -0.1) is 0 Å². The van der Waals surface area contributed by atoms with E-state index in [-0.39, 0.29) is 54.2 Å². The van der Waals surface area contributed by atoms with Crippen molar-refractivity contribution in [3.8, 4) is 22.8 Å². The average molecular weight is 652 g/mol. The number of nitrogens with zero attached hydrogens (tertiary/aromatic N) is 1. The Balaban J connectivity index is 1.69. The van der Waals surface area contributed by atoms with Gasteiger partial charge >= 0.3 is 5.97 Å². The molecule has 0 saturated carbocycles. The van der Waals surface area contributed by atoms with Crippen molar-refractivity contribution >= 4 is 24.2 Å². The van der Waals surface area contributed by atoms with Gasteiger partial charge in [0.15, 0.2) is 5.76 Å². The molecule has 1 heterocycles. The minimum atomic E-state index is -0.731. The largest absolute Gasteiger partial charge is 0.506 e. The molecule has 2 atom stereocenters. The highest BCUT2D eigenvalue weighted by Gasteiger charge is 2.32. The highest BCUT2D eigenvalue weighted by molar-refractivity contribution is 5.96. The molecule has 47 heavy (non-hydrogen) atoms. The fourth-order valence-electron chi connectivity index (χ4n) is 5.13. The minimum Gasteiger partial charge on any atom is -0.506 e. The number of hydrogen-bond acceptors (Lipinski definition) is 9. The number of furan rings is 1. The van der Waals surface area contributed by atoms with Gasteiger partial charge in [-0.05, 0) is 56.5 Å². The zero-order valence-corrected chi connectivity index (χ0v) is 27.5. The van der Waals surface area contributed by atoms with Gasteiger partial charge in [-0.2, -0.15) is 0 Å². The minimum absolute atomic E-state index is 0.0829. The van der Waals surface area contributed by atoms with Crippen molar-refractivity contribution in [3.63, 3.8) is 0 Å². The molecule has 3 N–H and O–H groups in total. The molecule has 3 aromatic rings. The van der Waals surface area contributed by atoms with Crippen molar-refractivity contribution in [1.82, 2.24) is 15.7 Å². The van der Waals surface area contributed by atoms with Crippen LogP contribution in [-0.4, -0.2) is 60.3 Å². The van der Waals surface area contributed by atoms with Crippen molar-refractivity contribution in [3.05, 3.63) is 71.5 Å². The van der Waals surface area contributed by atoms with E-state index in [1.807, 2.05) is 37.3 Å². The van der Waals surface area contributed by atoms with Gasteiger partial charge in [0.1, 0.15) is 29.4 Å². The Morgan fingerprint density at radius 2 is 1.74 bits per heavy atom. The van der Waals surface area contributed by atoms with Gasteiger partial charge in [0.25, 0.3) is 5.91 Å². The first-order valence-electron chi connectivity index (χ1n) is 16.0. The summed E-state index contributed by atoms with van der Waals surface area (Å²) in [5, 5.41) is 17.4. The van der Waals surface area contributed by atoms with E-state index in [9.17, 15) is 24.3 Å². The number of hydroxylamine groups is 2. The molecule has 12 nitrogen and oxygen atoms in total. The van der Waals surface area contributed by atoms with Crippen molar-refractivity contribution in [1.29, 1.82) is 0 Å². The van der Waals surface area contributed by atoms with E-state index in [2.05, 4.69) is 17.6 Å². The van der Waals surface area contributed by atoms with Crippen molar-refractivity contribution in [2.24, 2.45) is 5.92 Å².